The maximum Gasteiger partial charge on any atom is 0.321 e. The van der Waals surface area contributed by atoms with Gasteiger partial charge in [0.25, 0.3) is 0 Å². The molecule has 1 N–H and O–H groups in total. The zero-order chi connectivity index (χ0) is 15.2. The van der Waals surface area contributed by atoms with Crippen molar-refractivity contribution in [2.24, 2.45) is 5.92 Å². The summed E-state index contributed by atoms with van der Waals surface area (Å²) in [6.07, 6.45) is 4.28. The average molecular weight is 290 g/mol. The van der Waals surface area contributed by atoms with E-state index in [1.807, 2.05) is 12.1 Å². The van der Waals surface area contributed by atoms with Gasteiger partial charge in [-0.3, -0.25) is 4.90 Å². The minimum Gasteiger partial charge on any atom is -0.494 e. The molecule has 0 atom stereocenters. The Morgan fingerprint density at radius 1 is 1.43 bits per heavy atom. The number of benzene rings is 1. The first-order valence-corrected chi connectivity index (χ1v) is 7.86. The van der Waals surface area contributed by atoms with Crippen molar-refractivity contribution in [1.29, 1.82) is 0 Å². The molecule has 0 fully saturated rings. The number of nitrogens with zero attached hydrogens (tertiary/aromatic N) is 1. The van der Waals surface area contributed by atoms with Crippen molar-refractivity contribution in [3.63, 3.8) is 0 Å². The van der Waals surface area contributed by atoms with Crippen LogP contribution < -0.4 is 15.0 Å². The van der Waals surface area contributed by atoms with E-state index in [-0.39, 0.29) is 6.03 Å². The van der Waals surface area contributed by atoms with E-state index in [0.29, 0.717) is 0 Å². The van der Waals surface area contributed by atoms with Crippen LogP contribution in [-0.4, -0.2) is 26.2 Å². The summed E-state index contributed by atoms with van der Waals surface area (Å²) in [5.74, 6) is 1.63. The van der Waals surface area contributed by atoms with Gasteiger partial charge in [-0.15, -0.1) is 0 Å². The van der Waals surface area contributed by atoms with E-state index in [9.17, 15) is 4.79 Å². The summed E-state index contributed by atoms with van der Waals surface area (Å²) in [4.78, 5) is 13.7. The van der Waals surface area contributed by atoms with Gasteiger partial charge in [0.1, 0.15) is 5.75 Å². The summed E-state index contributed by atoms with van der Waals surface area (Å²) >= 11 is 0. The SMILES string of the molecule is CNC(=O)N1CCCc2cc(OCCCC(C)C)ccc21. The minimum absolute atomic E-state index is 0.0402. The van der Waals surface area contributed by atoms with E-state index in [4.69, 9.17) is 4.74 Å². The third-order valence-corrected chi connectivity index (χ3v) is 3.82. The Hall–Kier alpha value is -1.71. The molecule has 0 aromatic heterocycles. The summed E-state index contributed by atoms with van der Waals surface area (Å²) in [5, 5.41) is 2.70. The highest BCUT2D eigenvalue weighted by atomic mass is 16.5. The van der Waals surface area contributed by atoms with Gasteiger partial charge in [0.05, 0.1) is 6.61 Å². The van der Waals surface area contributed by atoms with Gasteiger partial charge in [0.15, 0.2) is 0 Å². The molecule has 1 aromatic carbocycles. The molecule has 0 radical (unpaired) electrons. The molecular weight excluding hydrogens is 264 g/mol. The van der Waals surface area contributed by atoms with Gasteiger partial charge in [-0.25, -0.2) is 4.79 Å². The monoisotopic (exact) mass is 290 g/mol. The lowest BCUT2D eigenvalue weighted by atomic mass is 10.0. The zero-order valence-corrected chi connectivity index (χ0v) is 13.3. The zero-order valence-electron chi connectivity index (χ0n) is 13.3. The van der Waals surface area contributed by atoms with Gasteiger partial charge < -0.3 is 10.1 Å². The molecule has 0 bridgehead atoms. The number of anilines is 1. The molecule has 0 saturated carbocycles. The largest absolute Gasteiger partial charge is 0.494 e. The van der Waals surface area contributed by atoms with Crippen molar-refractivity contribution < 1.29 is 9.53 Å². The number of carbonyl (C=O) groups excluding carboxylic acids is 1. The van der Waals surface area contributed by atoms with E-state index in [2.05, 4.69) is 25.2 Å². The summed E-state index contributed by atoms with van der Waals surface area (Å²) < 4.78 is 5.83. The Kier molecular flexibility index (Phi) is 5.48. The van der Waals surface area contributed by atoms with Gasteiger partial charge >= 0.3 is 6.03 Å². The maximum absolute atomic E-state index is 11.9. The number of urea groups is 1. The predicted octanol–water partition coefficient (Wildman–Crippen LogP) is 3.59. The summed E-state index contributed by atoms with van der Waals surface area (Å²) in [5.41, 5.74) is 2.21. The molecule has 2 rings (SSSR count). The number of rotatable bonds is 5. The molecule has 21 heavy (non-hydrogen) atoms. The minimum atomic E-state index is -0.0402. The number of amides is 2. The molecule has 0 aliphatic carbocycles. The number of ether oxygens (including phenoxy) is 1. The fraction of sp³-hybridized carbons (Fsp3) is 0.588. The van der Waals surface area contributed by atoms with Gasteiger partial charge in [-0.2, -0.15) is 0 Å². The molecule has 116 valence electrons. The summed E-state index contributed by atoms with van der Waals surface area (Å²) in [6.45, 7) is 6.00. The molecule has 0 saturated heterocycles. The molecular formula is C17H26N2O2. The summed E-state index contributed by atoms with van der Waals surface area (Å²) in [6, 6.07) is 6.01. The Morgan fingerprint density at radius 3 is 2.95 bits per heavy atom. The lowest BCUT2D eigenvalue weighted by Gasteiger charge is -2.29. The average Bonchev–Trinajstić information content (AvgIpc) is 2.49. The normalized spacial score (nSPS) is 14.0. The van der Waals surface area contributed by atoms with Crippen LogP contribution in [0.4, 0.5) is 10.5 Å². The highest BCUT2D eigenvalue weighted by Gasteiger charge is 2.21. The molecule has 2 amide bonds. The van der Waals surface area contributed by atoms with Crippen LogP contribution >= 0.6 is 0 Å². The highest BCUT2D eigenvalue weighted by Crippen LogP contribution is 2.30. The van der Waals surface area contributed by atoms with Crippen molar-refractivity contribution in [2.75, 3.05) is 25.1 Å². The highest BCUT2D eigenvalue weighted by molar-refractivity contribution is 5.93. The summed E-state index contributed by atoms with van der Waals surface area (Å²) in [7, 11) is 1.67. The van der Waals surface area contributed by atoms with Crippen molar-refractivity contribution in [2.45, 2.75) is 39.5 Å². The van der Waals surface area contributed by atoms with Crippen molar-refractivity contribution in [3.05, 3.63) is 23.8 Å². The van der Waals surface area contributed by atoms with Crippen LogP contribution in [0.3, 0.4) is 0 Å². The van der Waals surface area contributed by atoms with Crippen LogP contribution in [0, 0.1) is 5.92 Å². The van der Waals surface area contributed by atoms with Crippen molar-refractivity contribution in [1.82, 2.24) is 5.32 Å². The molecule has 0 spiro atoms. The second-order valence-electron chi connectivity index (χ2n) is 5.99. The second-order valence-corrected chi connectivity index (χ2v) is 5.99. The van der Waals surface area contributed by atoms with E-state index in [1.165, 1.54) is 12.0 Å². The fourth-order valence-corrected chi connectivity index (χ4v) is 2.69. The van der Waals surface area contributed by atoms with E-state index >= 15 is 0 Å². The Balaban J connectivity index is 2.00. The van der Waals surface area contributed by atoms with Gasteiger partial charge in [-0.05, 0) is 55.4 Å². The van der Waals surface area contributed by atoms with Gasteiger partial charge in [0, 0.05) is 19.3 Å². The molecule has 0 unspecified atom stereocenters. The number of nitrogens with one attached hydrogen (secondary N) is 1. The fourth-order valence-electron chi connectivity index (χ4n) is 2.69. The maximum atomic E-state index is 11.9. The third-order valence-electron chi connectivity index (χ3n) is 3.82. The van der Waals surface area contributed by atoms with E-state index in [0.717, 1.165) is 49.8 Å². The van der Waals surface area contributed by atoms with Crippen LogP contribution in [0.15, 0.2) is 18.2 Å². The smallest absolute Gasteiger partial charge is 0.321 e. The molecule has 4 heteroatoms. The quantitative estimate of drug-likeness (QED) is 0.842. The predicted molar refractivity (Wildman–Crippen MR) is 86.1 cm³/mol. The van der Waals surface area contributed by atoms with Crippen molar-refractivity contribution >= 4 is 11.7 Å². The number of carbonyl (C=O) groups is 1. The first-order chi connectivity index (χ1) is 10.1. The first-order valence-electron chi connectivity index (χ1n) is 7.86. The molecule has 1 heterocycles. The number of hydrogen-bond donors (Lipinski definition) is 1. The van der Waals surface area contributed by atoms with Crippen LogP contribution in [0.25, 0.3) is 0 Å². The van der Waals surface area contributed by atoms with Crippen LogP contribution in [-0.2, 0) is 6.42 Å². The van der Waals surface area contributed by atoms with E-state index in [1.54, 1.807) is 11.9 Å². The third kappa shape index (κ3) is 4.13. The number of hydrogen-bond acceptors (Lipinski definition) is 2. The second kappa shape index (κ2) is 7.34. The Bertz CT molecular complexity index is 486. The Morgan fingerprint density at radius 2 is 2.24 bits per heavy atom. The topological polar surface area (TPSA) is 41.6 Å². The molecule has 1 aliphatic heterocycles. The van der Waals surface area contributed by atoms with E-state index < -0.39 is 0 Å². The van der Waals surface area contributed by atoms with Crippen LogP contribution in [0.2, 0.25) is 0 Å². The van der Waals surface area contributed by atoms with Gasteiger partial charge in [-0.1, -0.05) is 13.8 Å². The first kappa shape index (κ1) is 15.7. The lowest BCUT2D eigenvalue weighted by molar-refractivity contribution is 0.247. The van der Waals surface area contributed by atoms with Crippen LogP contribution in [0.1, 0.15) is 38.7 Å². The Labute approximate surface area is 127 Å². The number of aryl methyl sites for hydroxylation is 1. The standard InChI is InChI=1S/C17H26N2O2/c1-13(2)6-5-11-21-15-8-9-16-14(12-15)7-4-10-19(16)17(20)18-3/h8-9,12-13H,4-7,10-11H2,1-3H3,(H,18,20). The van der Waals surface area contributed by atoms with Crippen molar-refractivity contribution in [3.8, 4) is 5.75 Å². The molecule has 1 aliphatic rings. The van der Waals surface area contributed by atoms with Gasteiger partial charge in [0.2, 0.25) is 0 Å². The lowest BCUT2D eigenvalue weighted by Crippen LogP contribution is -2.41. The number of fused-ring (bicyclic) bond motifs is 1. The molecule has 4 nitrogen and oxygen atoms in total. The van der Waals surface area contributed by atoms with Crippen LogP contribution in [0.5, 0.6) is 5.75 Å². The molecule has 1 aromatic rings.